The third-order valence-corrected chi connectivity index (χ3v) is 3.69. The highest BCUT2D eigenvalue weighted by molar-refractivity contribution is 4.76. The van der Waals surface area contributed by atoms with Gasteiger partial charge in [-0.05, 0) is 44.7 Å². The first-order valence-electron chi connectivity index (χ1n) is 7.18. The Bertz CT molecular complexity index is 166. The van der Waals surface area contributed by atoms with Crippen molar-refractivity contribution in [1.82, 2.24) is 4.90 Å². The zero-order valence-corrected chi connectivity index (χ0v) is 11.1. The molecule has 0 spiro atoms. The lowest BCUT2D eigenvalue weighted by Gasteiger charge is -2.28. The minimum absolute atomic E-state index is 0.0429. The quantitative estimate of drug-likeness (QED) is 0.705. The predicted molar refractivity (Wildman–Crippen MR) is 69.6 cm³/mol. The van der Waals surface area contributed by atoms with Crippen LogP contribution in [-0.4, -0.2) is 35.7 Å². The molecule has 2 unspecified atom stereocenters. The Labute approximate surface area is 101 Å². The molecule has 96 valence electrons. The maximum atomic E-state index is 10.1. The largest absolute Gasteiger partial charge is 0.393 e. The highest BCUT2D eigenvalue weighted by atomic mass is 16.3. The van der Waals surface area contributed by atoms with Crippen molar-refractivity contribution in [3.8, 4) is 0 Å². The summed E-state index contributed by atoms with van der Waals surface area (Å²) in [5.74, 6) is 0.528. The standard InChI is InChI=1S/C14H29NO/c1-3-10-15(11-4-2)12-13-8-6-5-7-9-14(13)16/h13-14,16H,3-12H2,1-2H3. The molecule has 1 fully saturated rings. The molecule has 2 heteroatoms. The van der Waals surface area contributed by atoms with Crippen LogP contribution in [-0.2, 0) is 0 Å². The van der Waals surface area contributed by atoms with Crippen molar-refractivity contribution in [3.63, 3.8) is 0 Å². The van der Waals surface area contributed by atoms with Gasteiger partial charge in [0.2, 0.25) is 0 Å². The first-order chi connectivity index (χ1) is 7.77. The smallest absolute Gasteiger partial charge is 0.0580 e. The fraction of sp³-hybridized carbons (Fsp3) is 1.00. The van der Waals surface area contributed by atoms with E-state index in [0.717, 1.165) is 13.0 Å². The Hall–Kier alpha value is -0.0800. The second-order valence-electron chi connectivity index (χ2n) is 5.27. The molecule has 1 N–H and O–H groups in total. The first-order valence-corrected chi connectivity index (χ1v) is 7.18. The molecule has 2 atom stereocenters. The maximum absolute atomic E-state index is 10.1. The molecule has 2 nitrogen and oxygen atoms in total. The van der Waals surface area contributed by atoms with Gasteiger partial charge in [0, 0.05) is 6.54 Å². The predicted octanol–water partition coefficient (Wildman–Crippen LogP) is 3.05. The van der Waals surface area contributed by atoms with Gasteiger partial charge in [0.05, 0.1) is 6.10 Å². The van der Waals surface area contributed by atoms with Gasteiger partial charge in [0.1, 0.15) is 0 Å². The Morgan fingerprint density at radius 3 is 2.25 bits per heavy atom. The van der Waals surface area contributed by atoms with Crippen molar-refractivity contribution < 1.29 is 5.11 Å². The van der Waals surface area contributed by atoms with Gasteiger partial charge in [-0.2, -0.15) is 0 Å². The molecule has 1 rings (SSSR count). The van der Waals surface area contributed by atoms with Crippen LogP contribution >= 0.6 is 0 Å². The molecule has 0 aliphatic heterocycles. The molecule has 1 aliphatic carbocycles. The number of hydrogen-bond acceptors (Lipinski definition) is 2. The van der Waals surface area contributed by atoms with Crippen molar-refractivity contribution in [2.24, 2.45) is 5.92 Å². The van der Waals surface area contributed by atoms with Crippen LogP contribution in [0, 0.1) is 5.92 Å². The molecule has 1 aliphatic rings. The number of rotatable bonds is 6. The van der Waals surface area contributed by atoms with Gasteiger partial charge in [0.15, 0.2) is 0 Å². The molecular formula is C14H29NO. The van der Waals surface area contributed by atoms with Crippen LogP contribution in [0.1, 0.15) is 58.8 Å². The summed E-state index contributed by atoms with van der Waals surface area (Å²) in [5.41, 5.74) is 0. The summed E-state index contributed by atoms with van der Waals surface area (Å²) in [5, 5.41) is 10.1. The van der Waals surface area contributed by atoms with E-state index in [-0.39, 0.29) is 6.10 Å². The zero-order chi connectivity index (χ0) is 11.8. The fourth-order valence-corrected chi connectivity index (χ4v) is 2.84. The van der Waals surface area contributed by atoms with Crippen molar-refractivity contribution in [3.05, 3.63) is 0 Å². The van der Waals surface area contributed by atoms with Gasteiger partial charge >= 0.3 is 0 Å². The summed E-state index contributed by atoms with van der Waals surface area (Å²) in [6.07, 6.45) is 8.51. The Morgan fingerprint density at radius 1 is 1.00 bits per heavy atom. The topological polar surface area (TPSA) is 23.5 Å². The van der Waals surface area contributed by atoms with E-state index in [1.165, 1.54) is 51.6 Å². The lowest BCUT2D eigenvalue weighted by Crippen LogP contribution is -2.35. The summed E-state index contributed by atoms with van der Waals surface area (Å²) in [6.45, 7) is 7.98. The zero-order valence-electron chi connectivity index (χ0n) is 11.1. The van der Waals surface area contributed by atoms with Gasteiger partial charge in [-0.3, -0.25) is 0 Å². The molecule has 0 aromatic rings. The van der Waals surface area contributed by atoms with E-state index < -0.39 is 0 Å². The molecule has 1 saturated carbocycles. The van der Waals surface area contributed by atoms with Gasteiger partial charge in [-0.25, -0.2) is 0 Å². The Morgan fingerprint density at radius 2 is 1.62 bits per heavy atom. The Balaban J connectivity index is 2.40. The number of aliphatic hydroxyl groups excluding tert-OH is 1. The van der Waals surface area contributed by atoms with Crippen LogP contribution in [0.4, 0.5) is 0 Å². The second-order valence-corrected chi connectivity index (χ2v) is 5.27. The molecule has 0 heterocycles. The van der Waals surface area contributed by atoms with E-state index in [2.05, 4.69) is 18.7 Å². The fourth-order valence-electron chi connectivity index (χ4n) is 2.84. The van der Waals surface area contributed by atoms with Crippen LogP contribution < -0.4 is 0 Å². The van der Waals surface area contributed by atoms with E-state index in [4.69, 9.17) is 0 Å². The van der Waals surface area contributed by atoms with E-state index >= 15 is 0 Å². The van der Waals surface area contributed by atoms with Crippen LogP contribution in [0.3, 0.4) is 0 Å². The highest BCUT2D eigenvalue weighted by Crippen LogP contribution is 2.24. The SMILES string of the molecule is CCCN(CCC)CC1CCCCCC1O. The lowest BCUT2D eigenvalue weighted by atomic mass is 9.96. The Kier molecular flexibility index (Phi) is 7.06. The summed E-state index contributed by atoms with van der Waals surface area (Å²) in [6, 6.07) is 0. The van der Waals surface area contributed by atoms with Gasteiger partial charge in [0.25, 0.3) is 0 Å². The molecule has 0 saturated heterocycles. The van der Waals surface area contributed by atoms with Crippen LogP contribution in [0.5, 0.6) is 0 Å². The number of nitrogens with zero attached hydrogens (tertiary/aromatic N) is 1. The van der Waals surface area contributed by atoms with E-state index in [9.17, 15) is 5.11 Å². The van der Waals surface area contributed by atoms with Gasteiger partial charge < -0.3 is 10.0 Å². The summed E-state index contributed by atoms with van der Waals surface area (Å²) < 4.78 is 0. The molecule has 0 aromatic carbocycles. The first kappa shape index (κ1) is 14.0. The minimum Gasteiger partial charge on any atom is -0.393 e. The van der Waals surface area contributed by atoms with E-state index in [0.29, 0.717) is 5.92 Å². The summed E-state index contributed by atoms with van der Waals surface area (Å²) in [7, 11) is 0. The molecule has 0 bridgehead atoms. The van der Waals surface area contributed by atoms with Crippen LogP contribution in [0.25, 0.3) is 0 Å². The normalized spacial score (nSPS) is 27.0. The van der Waals surface area contributed by atoms with Gasteiger partial charge in [-0.15, -0.1) is 0 Å². The average molecular weight is 227 g/mol. The van der Waals surface area contributed by atoms with E-state index in [1.807, 2.05) is 0 Å². The van der Waals surface area contributed by atoms with Crippen molar-refractivity contribution in [2.75, 3.05) is 19.6 Å². The van der Waals surface area contributed by atoms with Crippen LogP contribution in [0.15, 0.2) is 0 Å². The lowest BCUT2D eigenvalue weighted by molar-refractivity contribution is 0.0732. The van der Waals surface area contributed by atoms with E-state index in [1.54, 1.807) is 0 Å². The van der Waals surface area contributed by atoms with Crippen molar-refractivity contribution in [1.29, 1.82) is 0 Å². The van der Waals surface area contributed by atoms with Crippen molar-refractivity contribution in [2.45, 2.75) is 64.9 Å². The monoisotopic (exact) mass is 227 g/mol. The minimum atomic E-state index is -0.0429. The summed E-state index contributed by atoms with van der Waals surface area (Å²) >= 11 is 0. The third-order valence-electron chi connectivity index (χ3n) is 3.69. The molecule has 0 amide bonds. The maximum Gasteiger partial charge on any atom is 0.0580 e. The molecule has 0 aromatic heterocycles. The average Bonchev–Trinajstić information content (AvgIpc) is 2.45. The molecular weight excluding hydrogens is 198 g/mol. The number of aliphatic hydroxyl groups is 1. The highest BCUT2D eigenvalue weighted by Gasteiger charge is 2.23. The van der Waals surface area contributed by atoms with Gasteiger partial charge in [-0.1, -0.05) is 33.1 Å². The number of hydrogen-bond donors (Lipinski definition) is 1. The molecule has 16 heavy (non-hydrogen) atoms. The van der Waals surface area contributed by atoms with Crippen LogP contribution in [0.2, 0.25) is 0 Å². The third kappa shape index (κ3) is 4.84. The second kappa shape index (κ2) is 8.08. The van der Waals surface area contributed by atoms with Crippen molar-refractivity contribution >= 4 is 0 Å². The summed E-state index contributed by atoms with van der Waals surface area (Å²) in [4.78, 5) is 2.54. The molecule has 0 radical (unpaired) electrons.